The van der Waals surface area contributed by atoms with E-state index in [-0.39, 0.29) is 12.3 Å². The molecule has 0 radical (unpaired) electrons. The fraction of sp³-hybridized carbons (Fsp3) is 0.294. The third-order valence-electron chi connectivity index (χ3n) is 3.53. The summed E-state index contributed by atoms with van der Waals surface area (Å²) in [6.45, 7) is 0.592. The lowest BCUT2D eigenvalue weighted by Crippen LogP contribution is -2.35. The van der Waals surface area contributed by atoms with E-state index in [1.807, 2.05) is 41.2 Å². The van der Waals surface area contributed by atoms with Gasteiger partial charge in [0.25, 0.3) is 0 Å². The van der Waals surface area contributed by atoms with Crippen molar-refractivity contribution in [2.45, 2.75) is 13.0 Å². The van der Waals surface area contributed by atoms with Crippen LogP contribution in [0.4, 0.5) is 0 Å². The summed E-state index contributed by atoms with van der Waals surface area (Å²) in [7, 11) is 4.74. The van der Waals surface area contributed by atoms with E-state index in [4.69, 9.17) is 20.1 Å². The minimum absolute atomic E-state index is 0.229. The first-order valence-corrected chi connectivity index (χ1v) is 7.37. The standard InChI is InChI=1S/C17H21N3O4/c1-22-14-7-13(8-15(23-2)17(14)24-3)11-20-6-4-5-12(10-20)9-16(21)19-18/h4-8,10H,9,11,18H2,1-3H3/p+1. The third kappa shape index (κ3) is 4.14. The molecular formula is C17H22N3O4+. The lowest BCUT2D eigenvalue weighted by Gasteiger charge is -2.13. The molecule has 0 aliphatic rings. The number of pyridine rings is 1. The van der Waals surface area contributed by atoms with E-state index in [2.05, 4.69) is 5.43 Å². The highest BCUT2D eigenvalue weighted by Gasteiger charge is 2.15. The maximum absolute atomic E-state index is 11.4. The number of nitrogens with one attached hydrogen (secondary N) is 1. The Morgan fingerprint density at radius 3 is 2.33 bits per heavy atom. The summed E-state index contributed by atoms with van der Waals surface area (Å²) < 4.78 is 18.0. The van der Waals surface area contributed by atoms with Crippen LogP contribution in [-0.4, -0.2) is 27.2 Å². The molecule has 0 atom stereocenters. The van der Waals surface area contributed by atoms with Gasteiger partial charge in [0.15, 0.2) is 30.4 Å². The Balaban J connectivity index is 2.27. The van der Waals surface area contributed by atoms with Crippen molar-refractivity contribution in [2.75, 3.05) is 21.3 Å². The number of benzene rings is 1. The lowest BCUT2D eigenvalue weighted by molar-refractivity contribution is -0.688. The second-order valence-corrected chi connectivity index (χ2v) is 5.16. The van der Waals surface area contributed by atoms with E-state index in [9.17, 15) is 4.79 Å². The van der Waals surface area contributed by atoms with Crippen LogP contribution in [-0.2, 0) is 17.8 Å². The van der Waals surface area contributed by atoms with Crippen LogP contribution >= 0.6 is 0 Å². The molecule has 2 rings (SSSR count). The smallest absolute Gasteiger partial charge is 0.238 e. The topological polar surface area (TPSA) is 86.7 Å². The molecule has 0 spiro atoms. The molecule has 0 saturated carbocycles. The molecule has 0 unspecified atom stereocenters. The number of carbonyl (C=O) groups excluding carboxylic acids is 1. The van der Waals surface area contributed by atoms with Gasteiger partial charge in [-0.15, -0.1) is 0 Å². The number of aromatic nitrogens is 1. The Morgan fingerprint density at radius 2 is 1.79 bits per heavy atom. The Labute approximate surface area is 140 Å². The molecule has 0 aliphatic heterocycles. The van der Waals surface area contributed by atoms with Crippen molar-refractivity contribution in [2.24, 2.45) is 5.84 Å². The first-order valence-electron chi connectivity index (χ1n) is 7.37. The van der Waals surface area contributed by atoms with Crippen LogP contribution in [0.3, 0.4) is 0 Å². The van der Waals surface area contributed by atoms with Crippen LogP contribution < -0.4 is 30.0 Å². The predicted molar refractivity (Wildman–Crippen MR) is 87.9 cm³/mol. The molecule has 0 fully saturated rings. The average molecular weight is 332 g/mol. The molecule has 0 saturated heterocycles. The van der Waals surface area contributed by atoms with E-state index in [1.54, 1.807) is 21.3 Å². The fourth-order valence-electron chi connectivity index (χ4n) is 2.45. The summed E-state index contributed by atoms with van der Waals surface area (Å²) in [4.78, 5) is 11.4. The van der Waals surface area contributed by atoms with Gasteiger partial charge in [0.05, 0.1) is 27.8 Å². The highest BCUT2D eigenvalue weighted by atomic mass is 16.5. The van der Waals surface area contributed by atoms with Crippen molar-refractivity contribution in [3.8, 4) is 17.2 Å². The Bertz CT molecular complexity index is 694. The molecule has 128 valence electrons. The first kappa shape index (κ1) is 17.6. The summed E-state index contributed by atoms with van der Waals surface area (Å²) in [6.07, 6.45) is 4.05. The second-order valence-electron chi connectivity index (χ2n) is 5.16. The summed E-state index contributed by atoms with van der Waals surface area (Å²) in [6, 6.07) is 7.55. The zero-order valence-corrected chi connectivity index (χ0v) is 14.0. The van der Waals surface area contributed by atoms with Gasteiger partial charge < -0.3 is 14.2 Å². The highest BCUT2D eigenvalue weighted by Crippen LogP contribution is 2.38. The Morgan fingerprint density at radius 1 is 1.12 bits per heavy atom. The zero-order chi connectivity index (χ0) is 17.5. The van der Waals surface area contributed by atoms with Crippen molar-refractivity contribution in [1.29, 1.82) is 0 Å². The van der Waals surface area contributed by atoms with Gasteiger partial charge in [0.2, 0.25) is 11.7 Å². The molecule has 1 aromatic carbocycles. The molecule has 0 aliphatic carbocycles. The first-order chi connectivity index (χ1) is 11.6. The van der Waals surface area contributed by atoms with Crippen LogP contribution in [0, 0.1) is 0 Å². The molecule has 7 nitrogen and oxygen atoms in total. The van der Waals surface area contributed by atoms with E-state index in [0.29, 0.717) is 23.8 Å². The van der Waals surface area contributed by atoms with E-state index < -0.39 is 0 Å². The van der Waals surface area contributed by atoms with Gasteiger partial charge in [0, 0.05) is 17.2 Å². The predicted octanol–water partition coefficient (Wildman–Crippen LogP) is 0.581. The molecule has 1 amide bonds. The number of rotatable bonds is 7. The molecule has 0 bridgehead atoms. The van der Waals surface area contributed by atoms with Gasteiger partial charge in [-0.1, -0.05) is 0 Å². The van der Waals surface area contributed by atoms with Crippen LogP contribution in [0.5, 0.6) is 17.2 Å². The number of nitrogens with two attached hydrogens (primary N) is 1. The summed E-state index contributed by atoms with van der Waals surface area (Å²) in [5, 5.41) is 0. The van der Waals surface area contributed by atoms with Crippen LogP contribution in [0.2, 0.25) is 0 Å². The SMILES string of the molecule is COc1cc(C[n+]2cccc(CC(=O)NN)c2)cc(OC)c1OC. The highest BCUT2D eigenvalue weighted by molar-refractivity contribution is 5.77. The van der Waals surface area contributed by atoms with Gasteiger partial charge in [-0.2, -0.15) is 0 Å². The molecule has 3 N–H and O–H groups in total. The Hall–Kier alpha value is -2.80. The Kier molecular flexibility index (Phi) is 5.97. The van der Waals surface area contributed by atoms with Gasteiger partial charge in [-0.25, -0.2) is 10.4 Å². The van der Waals surface area contributed by atoms with Gasteiger partial charge in [-0.05, 0) is 18.2 Å². The minimum Gasteiger partial charge on any atom is -0.493 e. The van der Waals surface area contributed by atoms with Crippen molar-refractivity contribution in [3.63, 3.8) is 0 Å². The number of hydrazine groups is 1. The summed E-state index contributed by atoms with van der Waals surface area (Å²) >= 11 is 0. The molecule has 1 aromatic heterocycles. The lowest BCUT2D eigenvalue weighted by atomic mass is 10.1. The average Bonchev–Trinajstić information content (AvgIpc) is 2.60. The van der Waals surface area contributed by atoms with Crippen molar-refractivity contribution in [3.05, 3.63) is 47.8 Å². The van der Waals surface area contributed by atoms with Crippen molar-refractivity contribution < 1.29 is 23.6 Å². The number of hydrogen-bond acceptors (Lipinski definition) is 5. The number of hydrogen-bond donors (Lipinski definition) is 2. The number of ether oxygens (including phenoxy) is 3. The third-order valence-corrected chi connectivity index (χ3v) is 3.53. The normalized spacial score (nSPS) is 10.2. The van der Waals surface area contributed by atoms with Gasteiger partial charge in [-0.3, -0.25) is 10.2 Å². The van der Waals surface area contributed by atoms with Crippen molar-refractivity contribution >= 4 is 5.91 Å². The quantitative estimate of drug-likeness (QED) is 0.335. The monoisotopic (exact) mass is 332 g/mol. The van der Waals surface area contributed by atoms with E-state index in [0.717, 1.165) is 11.1 Å². The van der Waals surface area contributed by atoms with Gasteiger partial charge >= 0.3 is 0 Å². The maximum atomic E-state index is 11.4. The van der Waals surface area contributed by atoms with Crippen LogP contribution in [0.25, 0.3) is 0 Å². The van der Waals surface area contributed by atoms with E-state index >= 15 is 0 Å². The molecule has 24 heavy (non-hydrogen) atoms. The number of amides is 1. The van der Waals surface area contributed by atoms with Gasteiger partial charge in [0.1, 0.15) is 0 Å². The van der Waals surface area contributed by atoms with Crippen molar-refractivity contribution in [1.82, 2.24) is 5.43 Å². The zero-order valence-electron chi connectivity index (χ0n) is 14.0. The number of methoxy groups -OCH3 is 3. The molecular weight excluding hydrogens is 310 g/mol. The number of nitrogens with zero attached hydrogens (tertiary/aromatic N) is 1. The second kappa shape index (κ2) is 8.16. The van der Waals surface area contributed by atoms with E-state index in [1.165, 1.54) is 0 Å². The molecule has 2 aromatic rings. The molecule has 1 heterocycles. The summed E-state index contributed by atoms with van der Waals surface area (Å²) in [5.74, 6) is 6.65. The summed E-state index contributed by atoms with van der Waals surface area (Å²) in [5.41, 5.74) is 3.98. The minimum atomic E-state index is -0.236. The number of carbonyl (C=O) groups is 1. The van der Waals surface area contributed by atoms with Crippen LogP contribution in [0.1, 0.15) is 11.1 Å². The largest absolute Gasteiger partial charge is 0.493 e. The fourth-order valence-corrected chi connectivity index (χ4v) is 2.45. The van der Waals surface area contributed by atoms with Crippen LogP contribution in [0.15, 0.2) is 36.7 Å². The molecule has 7 heteroatoms. The maximum Gasteiger partial charge on any atom is 0.238 e.